The van der Waals surface area contributed by atoms with Crippen molar-refractivity contribution < 1.29 is 153 Å². The summed E-state index contributed by atoms with van der Waals surface area (Å²) in [6, 6.07) is -5.07. The normalized spacial score (nSPS) is 37.7. The Morgan fingerprint density at radius 3 is 1.70 bits per heavy atom. The number of halogens is 2. The number of ether oxygens (including phenoxy) is 10. The van der Waals surface area contributed by atoms with Crippen molar-refractivity contribution in [1.82, 2.24) is 22.1 Å². The smallest absolute Gasteiger partial charge is 0.253 e. The summed E-state index contributed by atoms with van der Waals surface area (Å²) in [5, 5.41) is 196. The summed E-state index contributed by atoms with van der Waals surface area (Å²) in [5.74, 6) is -8.73. The van der Waals surface area contributed by atoms with Gasteiger partial charge in [0.25, 0.3) is 5.91 Å². The van der Waals surface area contributed by atoms with Gasteiger partial charge in [0.1, 0.15) is 122 Å². The van der Waals surface area contributed by atoms with Gasteiger partial charge in [-0.15, -0.1) is 0 Å². The Labute approximate surface area is 551 Å². The average Bonchev–Trinajstić information content (AvgIpc) is 0.668. The maximum Gasteiger partial charge on any atom is 0.253 e. The standard InChI is InChI=1S/C57H95Cl2N3O31.H3N/c1-4-5-6-7-8-9-10-11-12-13-14-15-16-17-28(70)27(62-51(81)50(58)59)24-84-53-43(79)41(77)45(33(22-66)87-53)89-55-44(80)49(93-57(56(82)83)18-29(71)35(60-25(2)68)48(92-57)37(73)30(72)19-63)46(34(23-67)88-55)90-52-36(61-26(3)69)47(39(75)32(21-65)85-52)91-54-42(78)40(76)38(74)31(20-64)86-54;/h12-13,16-17,27-50,52-55,63-67,70-80H,4-11,14-15,18-24H2,1-3H3,(H,60,68)(H,61,69)(H,62,81)(H,82,83);1H3/b13-12+,17-16+;/t27-,28+,29-,30+,31+,32+,33+,34+,35?,36+,37+,38-,39-,40-,41+,42+,43+,44+,45+,46-,47+,48?,49+,52-,53+,54-,55-,57-;/m0./s1. The van der Waals surface area contributed by atoms with Gasteiger partial charge in [-0.2, -0.15) is 0 Å². The molecule has 0 bridgehead atoms. The van der Waals surface area contributed by atoms with Crippen molar-refractivity contribution in [3.8, 4) is 0 Å². The number of rotatable bonds is 36. The van der Waals surface area contributed by atoms with E-state index >= 15 is 0 Å². The van der Waals surface area contributed by atoms with Crippen LogP contribution >= 0.6 is 23.2 Å². The van der Waals surface area contributed by atoms with E-state index in [1.165, 1.54) is 38.2 Å². The number of hydrogen-bond donors (Lipinski definition) is 20. The van der Waals surface area contributed by atoms with Crippen LogP contribution in [0.5, 0.6) is 0 Å². The lowest BCUT2D eigenvalue weighted by Crippen LogP contribution is -2.73. The lowest BCUT2D eigenvalue weighted by molar-refractivity contribution is -0.421. The number of aliphatic hydroxyl groups excluding tert-OH is 16. The Morgan fingerprint density at radius 2 is 1.11 bits per heavy atom. The third-order valence-electron chi connectivity index (χ3n) is 16.4. The van der Waals surface area contributed by atoms with Crippen LogP contribution < -0.4 is 27.2 Å². The molecule has 5 heterocycles. The second kappa shape index (κ2) is 40.2. The number of carboxylic acid groups (broad SMARTS) is 1. The average molecular weight is 1410 g/mol. The van der Waals surface area contributed by atoms with E-state index in [9.17, 15) is 106 Å². The lowest BCUT2D eigenvalue weighted by Gasteiger charge is -2.54. The van der Waals surface area contributed by atoms with Gasteiger partial charge in [-0.05, 0) is 25.7 Å². The summed E-state index contributed by atoms with van der Waals surface area (Å²) in [5.41, 5.74) is 0. The van der Waals surface area contributed by atoms with Crippen molar-refractivity contribution >= 4 is 46.9 Å². The molecule has 5 rings (SSSR count). The molecule has 0 aromatic rings. The first-order chi connectivity index (χ1) is 44.1. The molecule has 0 aliphatic carbocycles. The first-order valence-corrected chi connectivity index (χ1v) is 31.8. The van der Waals surface area contributed by atoms with E-state index in [0.29, 0.717) is 12.8 Å². The molecule has 5 saturated heterocycles. The van der Waals surface area contributed by atoms with Gasteiger partial charge in [0, 0.05) is 20.3 Å². The largest absolute Gasteiger partial charge is 0.544 e. The zero-order valence-electron chi connectivity index (χ0n) is 52.5. The number of aliphatic carboxylic acids is 1. The monoisotopic (exact) mass is 1400 g/mol. The first-order valence-electron chi connectivity index (χ1n) is 30.9. The van der Waals surface area contributed by atoms with Crippen molar-refractivity contribution in [2.45, 2.75) is 267 Å². The maximum atomic E-state index is 13.6. The molecule has 94 heavy (non-hydrogen) atoms. The molecule has 5 aliphatic heterocycles. The SMILES string of the molecule is CCCCCCCCC/C=C/CC/C=C/[C@@H](O)[C@H](CO[C@@H]1O[C@H](CO)[C@@H](O[C@@H]2O[C@H](CO)[C@H](O[C@@H]3O[C@H](CO)[C@H](O)[C@H](O[C@@H]4O[C@H](CO)[C@H](O)[C@H](O)[C@H]4O)[C@H]3NC(C)=O)[C@H](O[C@]3(C(=O)[O-])C[C@H](O)C(NC(C)=O)C([C@H](O)[C@H](O)CO)O3)[C@H]2O)[C@H](O)[C@H]1O)NC(=O)C(Cl)Cl.[NH4+]. The highest BCUT2D eigenvalue weighted by Gasteiger charge is 2.60. The predicted octanol–water partition coefficient (Wildman–Crippen LogP) is -7.68. The number of carboxylic acids is 1. The summed E-state index contributed by atoms with van der Waals surface area (Å²) in [6.45, 7) is -2.30. The van der Waals surface area contributed by atoms with Crippen LogP contribution in [0.4, 0.5) is 0 Å². The molecule has 0 saturated carbocycles. The molecule has 28 atom stereocenters. The van der Waals surface area contributed by atoms with E-state index < -0.39 is 246 Å². The molecular formula is C57H98Cl2N4O31. The molecular weight excluding hydrogens is 1310 g/mol. The van der Waals surface area contributed by atoms with Gasteiger partial charge >= 0.3 is 0 Å². The maximum absolute atomic E-state index is 13.6. The number of carbonyl (C=O) groups excluding carboxylic acids is 4. The zero-order chi connectivity index (χ0) is 69.0. The number of quaternary nitrogens is 1. The topological polar surface area (TPSA) is 580 Å². The van der Waals surface area contributed by atoms with Crippen LogP contribution in [-0.4, -0.2) is 321 Å². The molecule has 0 aromatic carbocycles. The molecule has 0 aromatic heterocycles. The molecule has 37 heteroatoms. The quantitative estimate of drug-likeness (QED) is 0.0157. The van der Waals surface area contributed by atoms with E-state index in [1.54, 1.807) is 6.08 Å². The van der Waals surface area contributed by atoms with E-state index in [1.807, 2.05) is 6.08 Å². The summed E-state index contributed by atoms with van der Waals surface area (Å²) < 4.78 is 58.9. The number of nitrogens with one attached hydrogen (secondary N) is 3. The van der Waals surface area contributed by atoms with Crippen LogP contribution in [0.2, 0.25) is 0 Å². The van der Waals surface area contributed by atoms with Gasteiger partial charge in [-0.25, -0.2) is 0 Å². The Balaban J connectivity index is 0.0000188. The number of unbranched alkanes of at least 4 members (excludes halogenated alkanes) is 8. The molecule has 546 valence electrons. The predicted molar refractivity (Wildman–Crippen MR) is 318 cm³/mol. The third kappa shape index (κ3) is 22.2. The fraction of sp³-hybridized carbons (Fsp3) is 0.860. The lowest BCUT2D eigenvalue weighted by atomic mass is 9.88. The highest BCUT2D eigenvalue weighted by molar-refractivity contribution is 6.53. The van der Waals surface area contributed by atoms with Crippen LogP contribution in [-0.2, 0) is 66.5 Å². The van der Waals surface area contributed by atoms with E-state index in [-0.39, 0.29) is 6.15 Å². The molecule has 35 nitrogen and oxygen atoms in total. The van der Waals surface area contributed by atoms with Crippen LogP contribution in [0.15, 0.2) is 24.3 Å². The minimum absolute atomic E-state index is 0. The van der Waals surface area contributed by atoms with E-state index in [4.69, 9.17) is 70.6 Å². The number of carbonyl (C=O) groups is 4. The molecule has 5 aliphatic rings. The number of aliphatic hydroxyl groups is 16. The Hall–Kier alpha value is -3.14. The van der Waals surface area contributed by atoms with Gasteiger partial charge in [0.15, 0.2) is 30.0 Å². The minimum Gasteiger partial charge on any atom is -0.544 e. The second-order valence-electron chi connectivity index (χ2n) is 23.4. The van der Waals surface area contributed by atoms with Crippen molar-refractivity contribution in [3.05, 3.63) is 24.3 Å². The van der Waals surface area contributed by atoms with Gasteiger partial charge in [-0.3, -0.25) is 14.4 Å². The first kappa shape index (κ1) is 83.3. The third-order valence-corrected chi connectivity index (χ3v) is 16.8. The van der Waals surface area contributed by atoms with Crippen LogP contribution in [0.3, 0.4) is 0 Å². The summed E-state index contributed by atoms with van der Waals surface area (Å²) in [4.78, 5) is 50.0. The van der Waals surface area contributed by atoms with Crippen molar-refractivity contribution in [2.75, 3.05) is 39.6 Å². The van der Waals surface area contributed by atoms with Crippen molar-refractivity contribution in [3.63, 3.8) is 0 Å². The number of alkyl halides is 2. The highest BCUT2D eigenvalue weighted by atomic mass is 35.5. The number of hydrogen-bond acceptors (Lipinski definition) is 31. The van der Waals surface area contributed by atoms with Gasteiger partial charge in [0.05, 0.1) is 63.9 Å². The molecule has 2 unspecified atom stereocenters. The van der Waals surface area contributed by atoms with Crippen LogP contribution in [0.1, 0.15) is 91.4 Å². The summed E-state index contributed by atoms with van der Waals surface area (Å²) in [6.07, 6.45) is -34.3. The highest BCUT2D eigenvalue weighted by Crippen LogP contribution is 2.41. The van der Waals surface area contributed by atoms with E-state index in [2.05, 4.69) is 29.0 Å². The second-order valence-corrected chi connectivity index (χ2v) is 24.5. The van der Waals surface area contributed by atoms with Crippen LogP contribution in [0.25, 0.3) is 0 Å². The molecule has 3 amide bonds. The number of amides is 3. The zero-order valence-corrected chi connectivity index (χ0v) is 54.0. The van der Waals surface area contributed by atoms with Crippen LogP contribution in [0, 0.1) is 0 Å². The summed E-state index contributed by atoms with van der Waals surface area (Å²) in [7, 11) is 0. The number of allylic oxidation sites excluding steroid dienone is 3. The molecule has 0 spiro atoms. The Kier molecular flexibility index (Phi) is 35.6. The van der Waals surface area contributed by atoms with Gasteiger partial charge in [0.2, 0.25) is 17.6 Å². The molecule has 0 radical (unpaired) electrons. The fourth-order valence-electron chi connectivity index (χ4n) is 11.3. The van der Waals surface area contributed by atoms with Gasteiger partial charge < -0.3 is 161 Å². The Morgan fingerprint density at radius 1 is 0.596 bits per heavy atom. The molecule has 5 fully saturated rings. The van der Waals surface area contributed by atoms with Gasteiger partial charge in [-0.1, -0.05) is 93.0 Å². The minimum atomic E-state index is -3.51. The fourth-order valence-corrected chi connectivity index (χ4v) is 11.5. The van der Waals surface area contributed by atoms with E-state index in [0.717, 1.165) is 33.1 Å². The summed E-state index contributed by atoms with van der Waals surface area (Å²) >= 11 is 11.6. The molecule has 23 N–H and O–H groups in total. The van der Waals surface area contributed by atoms with Crippen molar-refractivity contribution in [1.29, 1.82) is 0 Å². The Bertz CT molecular complexity index is 2330. The van der Waals surface area contributed by atoms with Crippen molar-refractivity contribution in [2.24, 2.45) is 0 Å².